The molecule has 96 valence electrons. The Hall–Kier alpha value is -1.63. The summed E-state index contributed by atoms with van der Waals surface area (Å²) in [6.45, 7) is 3.67. The van der Waals surface area contributed by atoms with Gasteiger partial charge in [0.15, 0.2) is 16.4 Å². The van der Waals surface area contributed by atoms with Crippen LogP contribution >= 0.6 is 12.2 Å². The molecule has 0 saturated carbocycles. The molecule has 0 saturated heterocycles. The predicted octanol–water partition coefficient (Wildman–Crippen LogP) is 3.47. The van der Waals surface area contributed by atoms with E-state index in [0.717, 1.165) is 6.07 Å². The second-order valence-electron chi connectivity index (χ2n) is 4.09. The van der Waals surface area contributed by atoms with Gasteiger partial charge in [-0.2, -0.15) is 5.10 Å². The predicted molar refractivity (Wildman–Crippen MR) is 62.7 cm³/mol. The van der Waals surface area contributed by atoms with Crippen LogP contribution in [0.15, 0.2) is 12.1 Å². The number of halogens is 3. The molecule has 0 amide bonds. The van der Waals surface area contributed by atoms with Crippen molar-refractivity contribution < 1.29 is 13.2 Å². The summed E-state index contributed by atoms with van der Waals surface area (Å²) in [5, 5.41) is 6.46. The normalized spacial score (nSPS) is 11.2. The van der Waals surface area contributed by atoms with Crippen LogP contribution in [0.3, 0.4) is 0 Å². The zero-order valence-corrected chi connectivity index (χ0v) is 10.5. The largest absolute Gasteiger partial charge is 0.269 e. The maximum absolute atomic E-state index is 13.7. The minimum Gasteiger partial charge on any atom is -0.269 e. The molecule has 18 heavy (non-hydrogen) atoms. The lowest BCUT2D eigenvalue weighted by atomic mass is 10.2. The summed E-state index contributed by atoms with van der Waals surface area (Å²) in [6, 6.07) is 1.26. The van der Waals surface area contributed by atoms with Crippen LogP contribution < -0.4 is 0 Å². The number of hydrogen-bond donors (Lipinski definition) is 1. The highest BCUT2D eigenvalue weighted by atomic mass is 32.1. The second-order valence-corrected chi connectivity index (χ2v) is 4.48. The number of hydrogen-bond acceptors (Lipinski definition) is 2. The number of benzene rings is 1. The maximum Gasteiger partial charge on any atom is 0.199 e. The van der Waals surface area contributed by atoms with Crippen molar-refractivity contribution in [3.05, 3.63) is 40.2 Å². The molecule has 0 aliphatic carbocycles. The molecule has 0 aliphatic heterocycles. The summed E-state index contributed by atoms with van der Waals surface area (Å²) < 4.78 is 41.2. The van der Waals surface area contributed by atoms with Crippen molar-refractivity contribution in [1.82, 2.24) is 14.8 Å². The van der Waals surface area contributed by atoms with Gasteiger partial charge in [0.1, 0.15) is 11.6 Å². The Balaban J connectivity index is 2.73. The van der Waals surface area contributed by atoms with Crippen molar-refractivity contribution >= 4 is 12.2 Å². The molecule has 0 aliphatic rings. The van der Waals surface area contributed by atoms with Gasteiger partial charge < -0.3 is 0 Å². The summed E-state index contributed by atoms with van der Waals surface area (Å²) >= 11 is 4.97. The van der Waals surface area contributed by atoms with E-state index in [2.05, 4.69) is 10.2 Å². The zero-order valence-electron chi connectivity index (χ0n) is 9.67. The van der Waals surface area contributed by atoms with E-state index in [0.29, 0.717) is 11.9 Å². The topological polar surface area (TPSA) is 33.6 Å². The van der Waals surface area contributed by atoms with Crippen LogP contribution in [-0.2, 0) is 0 Å². The number of rotatable bonds is 2. The average molecular weight is 273 g/mol. The Kier molecular flexibility index (Phi) is 3.25. The Morgan fingerprint density at radius 1 is 1.17 bits per heavy atom. The van der Waals surface area contributed by atoms with E-state index in [-0.39, 0.29) is 16.4 Å². The molecule has 0 radical (unpaired) electrons. The minimum absolute atomic E-state index is 0.0505. The molecular weight excluding hydrogens is 263 g/mol. The Bertz CT molecular complexity index is 645. The number of aromatic nitrogens is 3. The van der Waals surface area contributed by atoms with Crippen LogP contribution in [0.25, 0.3) is 5.69 Å². The summed E-state index contributed by atoms with van der Waals surface area (Å²) in [7, 11) is 0. The molecular formula is C11H10F3N3S. The van der Waals surface area contributed by atoms with Crippen molar-refractivity contribution in [1.29, 1.82) is 0 Å². The highest BCUT2D eigenvalue weighted by molar-refractivity contribution is 7.71. The number of nitrogens with zero attached hydrogens (tertiary/aromatic N) is 2. The standard InChI is InChI=1S/C11H10F3N3S/c1-5(2)10-15-16-11(18)17(10)9-4-7(13)6(12)3-8(9)14/h3-5H,1-2H3,(H,16,18). The summed E-state index contributed by atoms with van der Waals surface area (Å²) in [4.78, 5) is 0. The van der Waals surface area contributed by atoms with Crippen LogP contribution in [0.1, 0.15) is 25.6 Å². The van der Waals surface area contributed by atoms with Crippen LogP contribution in [0.2, 0.25) is 0 Å². The van der Waals surface area contributed by atoms with Gasteiger partial charge in [-0.1, -0.05) is 13.8 Å². The average Bonchev–Trinajstić information content (AvgIpc) is 2.66. The Morgan fingerprint density at radius 2 is 1.78 bits per heavy atom. The third-order valence-corrected chi connectivity index (χ3v) is 2.72. The van der Waals surface area contributed by atoms with Gasteiger partial charge in [0, 0.05) is 18.1 Å². The Labute approximate surface area is 106 Å². The quantitative estimate of drug-likeness (QED) is 0.671. The van der Waals surface area contributed by atoms with Crippen LogP contribution in [-0.4, -0.2) is 14.8 Å². The summed E-state index contributed by atoms with van der Waals surface area (Å²) in [6.07, 6.45) is 0. The van der Waals surface area contributed by atoms with Gasteiger partial charge in [-0.3, -0.25) is 9.67 Å². The van der Waals surface area contributed by atoms with Crippen LogP contribution in [0.4, 0.5) is 13.2 Å². The van der Waals surface area contributed by atoms with Crippen molar-refractivity contribution in [3.8, 4) is 5.69 Å². The van der Waals surface area contributed by atoms with E-state index < -0.39 is 17.5 Å². The highest BCUT2D eigenvalue weighted by Gasteiger charge is 2.17. The van der Waals surface area contributed by atoms with Crippen molar-refractivity contribution in [3.63, 3.8) is 0 Å². The van der Waals surface area contributed by atoms with Crippen molar-refractivity contribution in [2.24, 2.45) is 0 Å². The molecule has 1 aromatic heterocycles. The Morgan fingerprint density at radius 3 is 2.39 bits per heavy atom. The molecule has 3 nitrogen and oxygen atoms in total. The van der Waals surface area contributed by atoms with Gasteiger partial charge in [0.2, 0.25) is 0 Å². The fraction of sp³-hybridized carbons (Fsp3) is 0.273. The van der Waals surface area contributed by atoms with E-state index >= 15 is 0 Å². The minimum atomic E-state index is -1.24. The van der Waals surface area contributed by atoms with E-state index in [9.17, 15) is 13.2 Å². The molecule has 2 aromatic rings. The van der Waals surface area contributed by atoms with E-state index in [1.807, 2.05) is 13.8 Å². The lowest BCUT2D eigenvalue weighted by molar-refractivity contribution is 0.492. The molecule has 0 atom stereocenters. The fourth-order valence-corrected chi connectivity index (χ4v) is 1.85. The first kappa shape index (κ1) is 12.8. The van der Waals surface area contributed by atoms with Crippen LogP contribution in [0, 0.1) is 22.2 Å². The first-order chi connectivity index (χ1) is 8.41. The monoisotopic (exact) mass is 273 g/mol. The SMILES string of the molecule is CC(C)c1n[nH]c(=S)n1-c1cc(F)c(F)cc1F. The molecule has 1 heterocycles. The first-order valence-electron chi connectivity index (χ1n) is 5.24. The molecule has 1 aromatic carbocycles. The van der Waals surface area contributed by atoms with Gasteiger partial charge in [-0.05, 0) is 12.2 Å². The smallest absolute Gasteiger partial charge is 0.199 e. The van der Waals surface area contributed by atoms with Crippen molar-refractivity contribution in [2.75, 3.05) is 0 Å². The van der Waals surface area contributed by atoms with Gasteiger partial charge in [0.05, 0.1) is 5.69 Å². The summed E-state index contributed by atoms with van der Waals surface area (Å²) in [5.74, 6) is -2.87. The lowest BCUT2D eigenvalue weighted by Gasteiger charge is -2.10. The van der Waals surface area contributed by atoms with Gasteiger partial charge in [0.25, 0.3) is 0 Å². The molecule has 2 rings (SSSR count). The van der Waals surface area contributed by atoms with Gasteiger partial charge >= 0.3 is 0 Å². The van der Waals surface area contributed by atoms with E-state index in [4.69, 9.17) is 12.2 Å². The molecule has 0 unspecified atom stereocenters. The van der Waals surface area contributed by atoms with E-state index in [1.54, 1.807) is 0 Å². The summed E-state index contributed by atoms with van der Waals surface area (Å²) in [5.41, 5.74) is -0.156. The van der Waals surface area contributed by atoms with Gasteiger partial charge in [-0.25, -0.2) is 13.2 Å². The zero-order chi connectivity index (χ0) is 13.4. The first-order valence-corrected chi connectivity index (χ1v) is 5.65. The third-order valence-electron chi connectivity index (χ3n) is 2.45. The van der Waals surface area contributed by atoms with E-state index in [1.165, 1.54) is 4.57 Å². The van der Waals surface area contributed by atoms with Crippen LogP contribution in [0.5, 0.6) is 0 Å². The highest BCUT2D eigenvalue weighted by Crippen LogP contribution is 2.22. The van der Waals surface area contributed by atoms with Gasteiger partial charge in [-0.15, -0.1) is 0 Å². The second kappa shape index (κ2) is 4.56. The molecule has 7 heteroatoms. The molecule has 0 bridgehead atoms. The maximum atomic E-state index is 13.7. The number of H-pyrrole nitrogens is 1. The lowest BCUT2D eigenvalue weighted by Crippen LogP contribution is -2.06. The number of aromatic amines is 1. The third kappa shape index (κ3) is 2.05. The molecule has 1 N–H and O–H groups in total. The fourth-order valence-electron chi connectivity index (χ4n) is 1.61. The number of nitrogens with one attached hydrogen (secondary N) is 1. The molecule has 0 fully saturated rings. The van der Waals surface area contributed by atoms with Crippen molar-refractivity contribution in [2.45, 2.75) is 19.8 Å². The molecule has 0 spiro atoms.